The van der Waals surface area contributed by atoms with Crippen LogP contribution in [0.5, 0.6) is 5.75 Å². The Morgan fingerprint density at radius 3 is 2.74 bits per heavy atom. The van der Waals surface area contributed by atoms with Crippen molar-refractivity contribution in [1.82, 2.24) is 0 Å². The lowest BCUT2D eigenvalue weighted by atomic mass is 9.85. The second-order valence-corrected chi connectivity index (χ2v) is 5.58. The molecule has 0 aromatic heterocycles. The minimum Gasteiger partial charge on any atom is -0.496 e. The molecule has 0 amide bonds. The molecule has 3 rings (SSSR count). The van der Waals surface area contributed by atoms with Gasteiger partial charge in [0.15, 0.2) is 0 Å². The number of rotatable bonds is 3. The van der Waals surface area contributed by atoms with Gasteiger partial charge >= 0.3 is 5.97 Å². The molecule has 3 nitrogen and oxygen atoms in total. The van der Waals surface area contributed by atoms with Crippen LogP contribution in [-0.4, -0.2) is 18.2 Å². The molecule has 0 aliphatic heterocycles. The highest BCUT2D eigenvalue weighted by molar-refractivity contribution is 5.91. The maximum atomic E-state index is 13.6. The number of carbonyl (C=O) groups is 1. The third kappa shape index (κ3) is 3.11. The second-order valence-electron chi connectivity index (χ2n) is 5.58. The SMILES string of the molecule is COc1ccc(F)cc1-c1ccc2c(c1)/C(=C/C(=O)O)CCC2. The van der Waals surface area contributed by atoms with Crippen LogP contribution in [0.15, 0.2) is 42.5 Å². The molecule has 0 unspecified atom stereocenters. The van der Waals surface area contributed by atoms with Gasteiger partial charge < -0.3 is 9.84 Å². The van der Waals surface area contributed by atoms with Crippen LogP contribution in [0.25, 0.3) is 16.7 Å². The van der Waals surface area contributed by atoms with Crippen LogP contribution in [-0.2, 0) is 11.2 Å². The number of methoxy groups -OCH3 is 1. The summed E-state index contributed by atoms with van der Waals surface area (Å²) >= 11 is 0. The summed E-state index contributed by atoms with van der Waals surface area (Å²) < 4.78 is 18.9. The molecule has 4 heteroatoms. The van der Waals surface area contributed by atoms with Crippen molar-refractivity contribution in [3.05, 3.63) is 59.4 Å². The number of allylic oxidation sites excluding steroid dienone is 1. The molecule has 2 aromatic carbocycles. The van der Waals surface area contributed by atoms with Crippen LogP contribution < -0.4 is 4.74 Å². The third-order valence-corrected chi connectivity index (χ3v) is 4.12. The van der Waals surface area contributed by atoms with E-state index in [0.717, 1.165) is 41.5 Å². The molecular weight excluding hydrogens is 295 g/mol. The molecule has 1 aliphatic rings. The molecule has 0 spiro atoms. The van der Waals surface area contributed by atoms with E-state index in [1.807, 2.05) is 18.2 Å². The molecule has 0 heterocycles. The van der Waals surface area contributed by atoms with E-state index in [4.69, 9.17) is 9.84 Å². The Hall–Kier alpha value is -2.62. The van der Waals surface area contributed by atoms with E-state index in [2.05, 4.69) is 0 Å². The average Bonchev–Trinajstić information content (AvgIpc) is 2.54. The highest BCUT2D eigenvalue weighted by Crippen LogP contribution is 2.37. The van der Waals surface area contributed by atoms with Gasteiger partial charge in [0.25, 0.3) is 0 Å². The van der Waals surface area contributed by atoms with Gasteiger partial charge in [0.05, 0.1) is 7.11 Å². The van der Waals surface area contributed by atoms with E-state index < -0.39 is 5.97 Å². The van der Waals surface area contributed by atoms with Crippen molar-refractivity contribution in [3.63, 3.8) is 0 Å². The zero-order valence-corrected chi connectivity index (χ0v) is 12.8. The highest BCUT2D eigenvalue weighted by atomic mass is 19.1. The quantitative estimate of drug-likeness (QED) is 0.859. The molecule has 0 atom stereocenters. The Kier molecular flexibility index (Phi) is 4.15. The van der Waals surface area contributed by atoms with Crippen LogP contribution >= 0.6 is 0 Å². The molecular formula is C19H17FO3. The van der Waals surface area contributed by atoms with Gasteiger partial charge in [0.2, 0.25) is 0 Å². The molecule has 23 heavy (non-hydrogen) atoms. The Morgan fingerprint density at radius 2 is 2.00 bits per heavy atom. The van der Waals surface area contributed by atoms with Crippen molar-refractivity contribution in [2.45, 2.75) is 19.3 Å². The standard InChI is InChI=1S/C19H17FO3/c1-23-18-8-7-15(20)11-17(18)14-6-5-12-3-2-4-13(10-19(21)22)16(12)9-14/h5-11H,2-4H2,1H3,(H,21,22)/b13-10+. The first-order valence-corrected chi connectivity index (χ1v) is 7.49. The summed E-state index contributed by atoms with van der Waals surface area (Å²) in [7, 11) is 1.55. The normalized spacial score (nSPS) is 15.3. The number of carboxylic acids is 1. The number of aliphatic carboxylic acids is 1. The monoisotopic (exact) mass is 312 g/mol. The highest BCUT2D eigenvalue weighted by Gasteiger charge is 2.17. The predicted molar refractivity (Wildman–Crippen MR) is 86.9 cm³/mol. The van der Waals surface area contributed by atoms with Gasteiger partial charge in [-0.3, -0.25) is 0 Å². The van der Waals surface area contributed by atoms with Crippen LogP contribution in [0.2, 0.25) is 0 Å². The van der Waals surface area contributed by atoms with Crippen molar-refractivity contribution in [2.24, 2.45) is 0 Å². The molecule has 0 bridgehead atoms. The lowest BCUT2D eigenvalue weighted by Gasteiger charge is -2.20. The Bertz CT molecular complexity index is 793. The maximum Gasteiger partial charge on any atom is 0.328 e. The molecule has 1 N–H and O–H groups in total. The van der Waals surface area contributed by atoms with E-state index in [0.29, 0.717) is 11.3 Å². The molecule has 2 aromatic rings. The Balaban J connectivity index is 2.14. The molecule has 1 aliphatic carbocycles. The summed E-state index contributed by atoms with van der Waals surface area (Å²) in [6, 6.07) is 10.2. The van der Waals surface area contributed by atoms with E-state index in [1.54, 1.807) is 13.2 Å². The van der Waals surface area contributed by atoms with Crippen molar-refractivity contribution < 1.29 is 19.0 Å². The van der Waals surface area contributed by atoms with Crippen molar-refractivity contribution in [2.75, 3.05) is 7.11 Å². The summed E-state index contributed by atoms with van der Waals surface area (Å²) in [5.74, 6) is -0.688. The number of aryl methyl sites for hydroxylation is 1. The second kappa shape index (κ2) is 6.24. The third-order valence-electron chi connectivity index (χ3n) is 4.12. The number of hydrogen-bond donors (Lipinski definition) is 1. The number of halogens is 1. The zero-order chi connectivity index (χ0) is 16.4. The summed E-state index contributed by atoms with van der Waals surface area (Å²) in [4.78, 5) is 11.0. The van der Waals surface area contributed by atoms with Crippen molar-refractivity contribution >= 4 is 11.5 Å². The molecule has 0 radical (unpaired) electrons. The smallest absolute Gasteiger partial charge is 0.328 e. The van der Waals surface area contributed by atoms with Crippen molar-refractivity contribution in [1.29, 1.82) is 0 Å². The van der Waals surface area contributed by atoms with Crippen LogP contribution in [0.3, 0.4) is 0 Å². The zero-order valence-electron chi connectivity index (χ0n) is 12.8. The topological polar surface area (TPSA) is 46.5 Å². The lowest BCUT2D eigenvalue weighted by Crippen LogP contribution is -2.04. The first-order valence-electron chi connectivity index (χ1n) is 7.49. The van der Waals surface area contributed by atoms with E-state index in [1.165, 1.54) is 18.2 Å². The largest absolute Gasteiger partial charge is 0.496 e. The number of hydrogen-bond acceptors (Lipinski definition) is 2. The number of benzene rings is 2. The summed E-state index contributed by atoms with van der Waals surface area (Å²) in [5, 5.41) is 9.05. The van der Waals surface area contributed by atoms with E-state index in [-0.39, 0.29) is 5.82 Å². The van der Waals surface area contributed by atoms with Gasteiger partial charge in [-0.15, -0.1) is 0 Å². The first-order chi connectivity index (χ1) is 11.1. The van der Waals surface area contributed by atoms with Gasteiger partial charge in [0.1, 0.15) is 11.6 Å². The fraction of sp³-hybridized carbons (Fsp3) is 0.211. The Labute approximate surface area is 134 Å². The predicted octanol–water partition coefficient (Wildman–Crippen LogP) is 4.31. The van der Waals surface area contributed by atoms with Crippen molar-refractivity contribution in [3.8, 4) is 16.9 Å². The van der Waals surface area contributed by atoms with Crippen LogP contribution in [0.1, 0.15) is 24.0 Å². The number of ether oxygens (including phenoxy) is 1. The molecule has 0 fully saturated rings. The number of fused-ring (bicyclic) bond motifs is 1. The van der Waals surface area contributed by atoms with Gasteiger partial charge in [-0.1, -0.05) is 12.1 Å². The first kappa shape index (κ1) is 15.3. The summed E-state index contributed by atoms with van der Waals surface area (Å²) in [5.41, 5.74) is 4.36. The fourth-order valence-electron chi connectivity index (χ4n) is 3.07. The average molecular weight is 312 g/mol. The van der Waals surface area contributed by atoms with E-state index in [9.17, 15) is 9.18 Å². The Morgan fingerprint density at radius 1 is 1.17 bits per heavy atom. The summed E-state index contributed by atoms with van der Waals surface area (Å²) in [6.45, 7) is 0. The van der Waals surface area contributed by atoms with Crippen LogP contribution in [0.4, 0.5) is 4.39 Å². The van der Waals surface area contributed by atoms with Gasteiger partial charge in [-0.2, -0.15) is 0 Å². The van der Waals surface area contributed by atoms with E-state index >= 15 is 0 Å². The fourth-order valence-corrected chi connectivity index (χ4v) is 3.07. The minimum absolute atomic E-state index is 0.333. The minimum atomic E-state index is -0.943. The maximum absolute atomic E-state index is 13.6. The lowest BCUT2D eigenvalue weighted by molar-refractivity contribution is -0.131. The molecule has 0 saturated heterocycles. The number of carboxylic acid groups (broad SMARTS) is 1. The van der Waals surface area contributed by atoms with Gasteiger partial charge in [-0.05, 0) is 65.8 Å². The molecule has 118 valence electrons. The summed E-state index contributed by atoms with van der Waals surface area (Å²) in [6.07, 6.45) is 3.87. The van der Waals surface area contributed by atoms with Gasteiger partial charge in [0, 0.05) is 11.6 Å². The molecule has 0 saturated carbocycles. The van der Waals surface area contributed by atoms with Gasteiger partial charge in [-0.25, -0.2) is 9.18 Å². The van der Waals surface area contributed by atoms with Crippen LogP contribution in [0, 0.1) is 5.82 Å².